The molecule has 0 radical (unpaired) electrons. The number of aliphatic imine (C=N–C) groups is 1. The fraction of sp³-hybridized carbons (Fsp3) is 0.500. The maximum Gasteiger partial charge on any atom is 0.0748 e. The highest BCUT2D eigenvalue weighted by molar-refractivity contribution is 6.83. The van der Waals surface area contributed by atoms with E-state index in [1.54, 1.807) is 5.20 Å². The first kappa shape index (κ1) is 13.8. The summed E-state index contributed by atoms with van der Waals surface area (Å²) in [6.45, 7) is 7.40. The summed E-state index contributed by atoms with van der Waals surface area (Å²) in [5, 5.41) is 1.70. The molecule has 1 nitrogen and oxygen atoms in total. The van der Waals surface area contributed by atoms with Gasteiger partial charge in [-0.1, -0.05) is 68.0 Å². The summed E-state index contributed by atoms with van der Waals surface area (Å²) in [5.74, 6) is 1.43. The first-order valence-electron chi connectivity index (χ1n) is 7.91. The molecule has 106 valence electrons. The van der Waals surface area contributed by atoms with Crippen molar-refractivity contribution in [1.82, 2.24) is 0 Å². The Kier molecular flexibility index (Phi) is 3.68. The largest absolute Gasteiger partial charge is 0.261 e. The van der Waals surface area contributed by atoms with E-state index in [2.05, 4.69) is 56.2 Å². The van der Waals surface area contributed by atoms with E-state index >= 15 is 0 Å². The minimum atomic E-state index is -1.24. The van der Waals surface area contributed by atoms with Crippen molar-refractivity contribution in [3.05, 3.63) is 47.3 Å². The number of allylic oxidation sites excluding steroid dienone is 1. The summed E-state index contributed by atoms with van der Waals surface area (Å²) in [5.41, 5.74) is 2.67. The van der Waals surface area contributed by atoms with Crippen molar-refractivity contribution >= 4 is 13.8 Å². The molecule has 0 bridgehead atoms. The Morgan fingerprint density at radius 2 is 1.60 bits per heavy atom. The Balaban J connectivity index is 2.03. The minimum Gasteiger partial charge on any atom is -0.261 e. The van der Waals surface area contributed by atoms with Gasteiger partial charge in [0.1, 0.15) is 0 Å². The van der Waals surface area contributed by atoms with E-state index in [0.29, 0.717) is 5.92 Å². The van der Waals surface area contributed by atoms with Crippen LogP contribution in [0.15, 0.2) is 46.7 Å². The highest BCUT2D eigenvalue weighted by Crippen LogP contribution is 2.42. The lowest BCUT2D eigenvalue weighted by Gasteiger charge is -2.40. The fourth-order valence-corrected chi connectivity index (χ4v) is 5.72. The Morgan fingerprint density at radius 1 is 0.950 bits per heavy atom. The molecular weight excluding hydrogens is 258 g/mol. The van der Waals surface area contributed by atoms with Crippen LogP contribution in [0.1, 0.15) is 31.2 Å². The molecule has 1 fully saturated rings. The molecule has 1 heterocycles. The van der Waals surface area contributed by atoms with E-state index in [1.807, 2.05) is 0 Å². The zero-order valence-corrected chi connectivity index (χ0v) is 13.9. The summed E-state index contributed by atoms with van der Waals surface area (Å²) < 4.78 is 0. The van der Waals surface area contributed by atoms with Crippen molar-refractivity contribution in [1.29, 1.82) is 0 Å². The summed E-state index contributed by atoms with van der Waals surface area (Å²) >= 11 is 0. The highest BCUT2D eigenvalue weighted by atomic mass is 28.3. The average Bonchev–Trinajstić information content (AvgIpc) is 2.46. The van der Waals surface area contributed by atoms with Gasteiger partial charge >= 0.3 is 0 Å². The van der Waals surface area contributed by atoms with Gasteiger partial charge in [0.15, 0.2) is 0 Å². The smallest absolute Gasteiger partial charge is 0.0748 e. The van der Waals surface area contributed by atoms with E-state index in [1.165, 1.54) is 37.0 Å². The van der Waals surface area contributed by atoms with Crippen LogP contribution in [-0.4, -0.2) is 13.8 Å². The van der Waals surface area contributed by atoms with E-state index in [9.17, 15) is 0 Å². The predicted molar refractivity (Wildman–Crippen MR) is 89.9 cm³/mol. The van der Waals surface area contributed by atoms with Crippen molar-refractivity contribution in [2.45, 2.75) is 45.3 Å². The van der Waals surface area contributed by atoms with Gasteiger partial charge < -0.3 is 0 Å². The lowest BCUT2D eigenvalue weighted by molar-refractivity contribution is 0.345. The number of fused-ring (bicyclic) bond motifs is 1. The molecule has 0 N–H and O–H groups in total. The fourth-order valence-electron chi connectivity index (χ4n) is 3.81. The number of hydrogen-bond donors (Lipinski definition) is 0. The van der Waals surface area contributed by atoms with Crippen molar-refractivity contribution in [2.24, 2.45) is 16.8 Å². The van der Waals surface area contributed by atoms with Crippen molar-refractivity contribution in [2.75, 3.05) is 0 Å². The minimum absolute atomic E-state index is 0.665. The van der Waals surface area contributed by atoms with Crippen LogP contribution in [0.3, 0.4) is 0 Å². The van der Waals surface area contributed by atoms with Crippen LogP contribution in [0.25, 0.3) is 0 Å². The van der Waals surface area contributed by atoms with E-state index in [4.69, 9.17) is 4.99 Å². The molecule has 0 amide bonds. The number of nitrogens with zero attached hydrogens (tertiary/aromatic N) is 1. The highest BCUT2D eigenvalue weighted by Gasteiger charge is 2.38. The molecule has 1 aliphatic heterocycles. The second-order valence-electron chi connectivity index (χ2n) is 7.21. The van der Waals surface area contributed by atoms with Gasteiger partial charge in [-0.3, -0.25) is 4.99 Å². The molecule has 1 aliphatic carbocycles. The SMILES string of the molecule is C[Si](C)(C)C1=CN=C(c2ccccc2)C2CCCCC12. The van der Waals surface area contributed by atoms with Crippen molar-refractivity contribution in [3.63, 3.8) is 0 Å². The van der Waals surface area contributed by atoms with Gasteiger partial charge in [-0.25, -0.2) is 0 Å². The van der Waals surface area contributed by atoms with Gasteiger partial charge in [0.2, 0.25) is 0 Å². The van der Waals surface area contributed by atoms with Gasteiger partial charge in [-0.2, -0.15) is 0 Å². The van der Waals surface area contributed by atoms with Crippen LogP contribution >= 0.6 is 0 Å². The molecule has 2 aliphatic rings. The summed E-state index contributed by atoms with van der Waals surface area (Å²) in [4.78, 5) is 4.92. The Labute approximate surface area is 123 Å². The third-order valence-corrected chi connectivity index (χ3v) is 7.03. The zero-order chi connectivity index (χ0) is 14.2. The third kappa shape index (κ3) is 2.54. The number of hydrogen-bond acceptors (Lipinski definition) is 1. The standard InChI is InChI=1S/C18H25NSi/c1-20(2,3)17-13-19-18(14-9-5-4-6-10-14)16-12-8-7-11-15(16)17/h4-6,9-10,13,15-16H,7-8,11-12H2,1-3H3. The molecule has 1 aromatic carbocycles. The number of rotatable bonds is 2. The molecule has 1 saturated carbocycles. The van der Waals surface area contributed by atoms with E-state index < -0.39 is 8.07 Å². The normalized spacial score (nSPS) is 26.6. The lowest BCUT2D eigenvalue weighted by atomic mass is 9.74. The molecule has 0 saturated heterocycles. The molecule has 1 aromatic rings. The molecule has 2 heteroatoms. The monoisotopic (exact) mass is 283 g/mol. The number of benzene rings is 1. The molecule has 2 unspecified atom stereocenters. The molecule has 0 aromatic heterocycles. The van der Waals surface area contributed by atoms with Crippen LogP contribution < -0.4 is 0 Å². The summed E-state index contributed by atoms with van der Waals surface area (Å²) in [7, 11) is -1.24. The van der Waals surface area contributed by atoms with E-state index in [0.717, 1.165) is 5.92 Å². The Hall–Kier alpha value is -1.15. The van der Waals surface area contributed by atoms with Gasteiger partial charge in [-0.05, 0) is 24.3 Å². The van der Waals surface area contributed by atoms with Crippen LogP contribution in [0.2, 0.25) is 19.6 Å². The van der Waals surface area contributed by atoms with Crippen LogP contribution in [-0.2, 0) is 0 Å². The Morgan fingerprint density at radius 3 is 2.25 bits per heavy atom. The van der Waals surface area contributed by atoms with Gasteiger partial charge in [0.05, 0.1) is 13.8 Å². The molecule has 20 heavy (non-hydrogen) atoms. The Bertz CT molecular complexity index is 536. The quantitative estimate of drug-likeness (QED) is 0.673. The van der Waals surface area contributed by atoms with Gasteiger partial charge in [0, 0.05) is 12.1 Å². The second-order valence-corrected chi connectivity index (χ2v) is 12.3. The van der Waals surface area contributed by atoms with E-state index in [-0.39, 0.29) is 0 Å². The van der Waals surface area contributed by atoms with Gasteiger partial charge in [-0.15, -0.1) is 0 Å². The van der Waals surface area contributed by atoms with Gasteiger partial charge in [0.25, 0.3) is 0 Å². The molecular formula is C18H25NSi. The van der Waals surface area contributed by atoms with Crippen molar-refractivity contribution < 1.29 is 0 Å². The zero-order valence-electron chi connectivity index (χ0n) is 12.9. The van der Waals surface area contributed by atoms with Crippen LogP contribution in [0.4, 0.5) is 0 Å². The molecule has 3 rings (SSSR count). The first-order chi connectivity index (χ1) is 9.57. The first-order valence-corrected chi connectivity index (χ1v) is 11.4. The summed E-state index contributed by atoms with van der Waals surface area (Å²) in [6, 6.07) is 10.8. The third-order valence-electron chi connectivity index (χ3n) is 4.79. The van der Waals surface area contributed by atoms with Crippen LogP contribution in [0, 0.1) is 11.8 Å². The maximum atomic E-state index is 4.92. The van der Waals surface area contributed by atoms with Crippen LogP contribution in [0.5, 0.6) is 0 Å². The maximum absolute atomic E-state index is 4.92. The molecule has 2 atom stereocenters. The molecule has 0 spiro atoms. The second kappa shape index (κ2) is 5.32. The average molecular weight is 283 g/mol. The summed E-state index contributed by atoms with van der Waals surface area (Å²) in [6.07, 6.45) is 7.69. The lowest BCUT2D eigenvalue weighted by Crippen LogP contribution is -2.39. The topological polar surface area (TPSA) is 12.4 Å². The van der Waals surface area contributed by atoms with Crippen molar-refractivity contribution in [3.8, 4) is 0 Å². The predicted octanol–water partition coefficient (Wildman–Crippen LogP) is 5.06.